The molecule has 6 heteroatoms. The predicted octanol–water partition coefficient (Wildman–Crippen LogP) is 1.23. The van der Waals surface area contributed by atoms with E-state index >= 15 is 0 Å². The molecule has 0 fully saturated rings. The minimum absolute atomic E-state index is 0.00759. The molecule has 0 heterocycles. The maximum atomic E-state index is 11.6. The van der Waals surface area contributed by atoms with Crippen LogP contribution in [0, 0.1) is 0 Å². The lowest BCUT2D eigenvalue weighted by molar-refractivity contribution is -0.124. The van der Waals surface area contributed by atoms with Gasteiger partial charge in [-0.25, -0.2) is 0 Å². The number of rotatable bonds is 8. The molecule has 0 aliphatic rings. The quantitative estimate of drug-likeness (QED) is 0.755. The van der Waals surface area contributed by atoms with E-state index in [1.165, 1.54) is 0 Å². The highest BCUT2D eigenvalue weighted by Crippen LogP contribution is 2.15. The Kier molecular flexibility index (Phi) is 7.25. The number of ether oxygens (including phenoxy) is 2. The van der Waals surface area contributed by atoms with Crippen molar-refractivity contribution in [3.8, 4) is 5.75 Å². The number of methoxy groups -OCH3 is 1. The number of nitrogens with one attached hydrogen (secondary N) is 1. The zero-order chi connectivity index (χ0) is 14.1. The Balaban J connectivity index is 2.35. The van der Waals surface area contributed by atoms with Crippen LogP contribution in [0.5, 0.6) is 5.75 Å². The molecular formula is C13H18ClNO4. The number of hydrogen-bond acceptors (Lipinski definition) is 4. The first kappa shape index (κ1) is 15.8. The Morgan fingerprint density at radius 3 is 2.68 bits per heavy atom. The van der Waals surface area contributed by atoms with E-state index in [0.29, 0.717) is 23.8 Å². The van der Waals surface area contributed by atoms with E-state index in [1.54, 1.807) is 31.4 Å². The first-order chi connectivity index (χ1) is 9.15. The summed E-state index contributed by atoms with van der Waals surface area (Å²) in [5.74, 6) is 0.315. The fraction of sp³-hybridized carbons (Fsp3) is 0.462. The number of amides is 1. The van der Waals surface area contributed by atoms with Gasteiger partial charge in [0.25, 0.3) is 5.91 Å². The zero-order valence-corrected chi connectivity index (χ0v) is 11.5. The van der Waals surface area contributed by atoms with Crippen LogP contribution in [0.1, 0.15) is 6.42 Å². The molecule has 1 unspecified atom stereocenters. The molecule has 0 aliphatic carbocycles. The largest absolute Gasteiger partial charge is 0.484 e. The van der Waals surface area contributed by atoms with Gasteiger partial charge in [-0.3, -0.25) is 4.79 Å². The van der Waals surface area contributed by atoms with Gasteiger partial charge in [-0.2, -0.15) is 0 Å². The summed E-state index contributed by atoms with van der Waals surface area (Å²) in [5, 5.41) is 12.2. The molecule has 0 saturated heterocycles. The smallest absolute Gasteiger partial charge is 0.258 e. The van der Waals surface area contributed by atoms with Gasteiger partial charge in [0.15, 0.2) is 6.61 Å². The van der Waals surface area contributed by atoms with E-state index in [-0.39, 0.29) is 25.2 Å². The van der Waals surface area contributed by atoms with E-state index in [4.69, 9.17) is 26.2 Å². The van der Waals surface area contributed by atoms with Crippen LogP contribution < -0.4 is 10.1 Å². The van der Waals surface area contributed by atoms with Crippen molar-refractivity contribution in [1.29, 1.82) is 0 Å². The molecule has 0 saturated carbocycles. The van der Waals surface area contributed by atoms with Crippen LogP contribution in [0.15, 0.2) is 24.3 Å². The second-order valence-corrected chi connectivity index (χ2v) is 4.41. The third-order valence-electron chi connectivity index (χ3n) is 2.39. The Labute approximate surface area is 117 Å². The minimum atomic E-state index is -0.259. The maximum absolute atomic E-state index is 11.6. The van der Waals surface area contributed by atoms with Crippen molar-refractivity contribution in [3.05, 3.63) is 29.3 Å². The van der Waals surface area contributed by atoms with Crippen molar-refractivity contribution in [3.63, 3.8) is 0 Å². The first-order valence-corrected chi connectivity index (χ1v) is 6.31. The number of carbonyl (C=O) groups is 1. The van der Waals surface area contributed by atoms with Gasteiger partial charge >= 0.3 is 0 Å². The highest BCUT2D eigenvalue weighted by atomic mass is 35.5. The van der Waals surface area contributed by atoms with Crippen molar-refractivity contribution < 1.29 is 19.4 Å². The normalized spacial score (nSPS) is 11.9. The van der Waals surface area contributed by atoms with Crippen molar-refractivity contribution in [2.75, 3.05) is 26.9 Å². The number of benzene rings is 1. The molecule has 1 rings (SSSR count). The maximum Gasteiger partial charge on any atom is 0.258 e. The summed E-state index contributed by atoms with van der Waals surface area (Å²) in [6, 6.07) is 6.55. The van der Waals surface area contributed by atoms with Gasteiger partial charge in [0, 0.05) is 18.7 Å². The average Bonchev–Trinajstić information content (AvgIpc) is 2.39. The number of halogens is 1. The van der Waals surface area contributed by atoms with E-state index < -0.39 is 0 Å². The Morgan fingerprint density at radius 1 is 1.42 bits per heavy atom. The molecule has 0 radical (unpaired) electrons. The SMILES string of the molecule is COCC(CCO)NC(=O)COc1ccc(Cl)cc1. The molecule has 1 aromatic carbocycles. The van der Waals surface area contributed by atoms with Crippen LogP contribution >= 0.6 is 11.6 Å². The Hall–Kier alpha value is -1.30. The van der Waals surface area contributed by atoms with Gasteiger partial charge in [-0.15, -0.1) is 0 Å². The molecule has 2 N–H and O–H groups in total. The van der Waals surface area contributed by atoms with Gasteiger partial charge in [0.05, 0.1) is 12.6 Å². The molecule has 1 atom stereocenters. The van der Waals surface area contributed by atoms with Gasteiger partial charge < -0.3 is 19.9 Å². The van der Waals surface area contributed by atoms with E-state index in [2.05, 4.69) is 5.32 Å². The van der Waals surface area contributed by atoms with Crippen molar-refractivity contribution in [2.45, 2.75) is 12.5 Å². The molecule has 0 bridgehead atoms. The number of hydrogen-bond donors (Lipinski definition) is 2. The van der Waals surface area contributed by atoms with Crippen LogP contribution in [0.3, 0.4) is 0 Å². The van der Waals surface area contributed by atoms with Gasteiger partial charge in [-0.05, 0) is 30.7 Å². The molecule has 1 aromatic rings. The molecule has 0 spiro atoms. The summed E-state index contributed by atoms with van der Waals surface area (Å²) in [6.07, 6.45) is 0.445. The highest BCUT2D eigenvalue weighted by Gasteiger charge is 2.12. The van der Waals surface area contributed by atoms with Crippen LogP contribution in [0.25, 0.3) is 0 Å². The van der Waals surface area contributed by atoms with E-state index in [0.717, 1.165) is 0 Å². The van der Waals surface area contributed by atoms with Gasteiger partial charge in [-0.1, -0.05) is 11.6 Å². The summed E-state index contributed by atoms with van der Waals surface area (Å²) < 4.78 is 10.3. The molecule has 0 aliphatic heterocycles. The van der Waals surface area contributed by atoms with Crippen LogP contribution in [-0.4, -0.2) is 44.0 Å². The average molecular weight is 288 g/mol. The standard InChI is InChI=1S/C13H18ClNO4/c1-18-8-11(6-7-16)15-13(17)9-19-12-4-2-10(14)3-5-12/h2-5,11,16H,6-9H2,1H3,(H,15,17). The minimum Gasteiger partial charge on any atom is -0.484 e. The lowest BCUT2D eigenvalue weighted by atomic mass is 10.2. The lowest BCUT2D eigenvalue weighted by Gasteiger charge is -2.16. The predicted molar refractivity (Wildman–Crippen MR) is 72.5 cm³/mol. The topological polar surface area (TPSA) is 67.8 Å². The third kappa shape index (κ3) is 6.42. The van der Waals surface area contributed by atoms with Crippen molar-refractivity contribution >= 4 is 17.5 Å². The highest BCUT2D eigenvalue weighted by molar-refractivity contribution is 6.30. The fourth-order valence-electron chi connectivity index (χ4n) is 1.50. The first-order valence-electron chi connectivity index (χ1n) is 5.93. The van der Waals surface area contributed by atoms with Crippen molar-refractivity contribution in [2.24, 2.45) is 0 Å². The van der Waals surface area contributed by atoms with Crippen molar-refractivity contribution in [1.82, 2.24) is 5.32 Å². The molecule has 1 amide bonds. The van der Waals surface area contributed by atoms with Gasteiger partial charge in [0.1, 0.15) is 5.75 Å². The summed E-state index contributed by atoms with van der Waals surface area (Å²) >= 11 is 5.74. The zero-order valence-electron chi connectivity index (χ0n) is 10.8. The number of carbonyl (C=O) groups excluding carboxylic acids is 1. The van der Waals surface area contributed by atoms with Gasteiger partial charge in [0.2, 0.25) is 0 Å². The number of aliphatic hydroxyl groups is 1. The van der Waals surface area contributed by atoms with Crippen LogP contribution in [0.4, 0.5) is 0 Å². The van der Waals surface area contributed by atoms with E-state index in [1.807, 2.05) is 0 Å². The number of aliphatic hydroxyl groups excluding tert-OH is 1. The molecular weight excluding hydrogens is 270 g/mol. The monoisotopic (exact) mass is 287 g/mol. The third-order valence-corrected chi connectivity index (χ3v) is 2.65. The fourth-order valence-corrected chi connectivity index (χ4v) is 1.63. The molecule has 0 aromatic heterocycles. The Morgan fingerprint density at radius 2 is 2.11 bits per heavy atom. The lowest BCUT2D eigenvalue weighted by Crippen LogP contribution is -2.41. The molecule has 19 heavy (non-hydrogen) atoms. The summed E-state index contributed by atoms with van der Waals surface area (Å²) in [4.78, 5) is 11.6. The second-order valence-electron chi connectivity index (χ2n) is 3.97. The molecule has 5 nitrogen and oxygen atoms in total. The second kappa shape index (κ2) is 8.74. The van der Waals surface area contributed by atoms with E-state index in [9.17, 15) is 4.79 Å². The Bertz CT molecular complexity index is 377. The summed E-state index contributed by atoms with van der Waals surface area (Å²) in [5.41, 5.74) is 0. The van der Waals surface area contributed by atoms with Crippen LogP contribution in [-0.2, 0) is 9.53 Å². The van der Waals surface area contributed by atoms with Crippen LogP contribution in [0.2, 0.25) is 5.02 Å². The summed E-state index contributed by atoms with van der Waals surface area (Å²) in [7, 11) is 1.54. The summed E-state index contributed by atoms with van der Waals surface area (Å²) in [6.45, 7) is 0.257. The molecule has 106 valence electrons.